The Hall–Kier alpha value is -0.580. The summed E-state index contributed by atoms with van der Waals surface area (Å²) < 4.78 is 6.18. The van der Waals surface area contributed by atoms with Gasteiger partial charge in [0.05, 0.1) is 6.61 Å². The molecule has 102 valence electrons. The third-order valence-corrected chi connectivity index (χ3v) is 3.23. The van der Waals surface area contributed by atoms with Gasteiger partial charge in [-0.25, -0.2) is 0 Å². The first-order valence-electron chi connectivity index (χ1n) is 6.28. The number of benzene rings is 1. The number of anilines is 1. The standard InChI is InChI=1S/C14H23BrN2O/c1-11(2)9-17(6-7-18-3)10-12-4-5-13(15)8-14(12)16/h4-5,8,11H,6-7,9-10,16H2,1-3H3. The Kier molecular flexibility index (Phi) is 6.68. The van der Waals surface area contributed by atoms with Gasteiger partial charge in [-0.15, -0.1) is 0 Å². The monoisotopic (exact) mass is 314 g/mol. The lowest BCUT2D eigenvalue weighted by atomic mass is 10.1. The van der Waals surface area contributed by atoms with Crippen LogP contribution in [0, 0.1) is 5.92 Å². The Morgan fingerprint density at radius 3 is 2.67 bits per heavy atom. The molecule has 0 heterocycles. The topological polar surface area (TPSA) is 38.5 Å². The fourth-order valence-electron chi connectivity index (χ4n) is 1.92. The minimum Gasteiger partial charge on any atom is -0.398 e. The Labute approximate surface area is 118 Å². The van der Waals surface area contributed by atoms with Crippen LogP contribution < -0.4 is 5.73 Å². The van der Waals surface area contributed by atoms with Crippen LogP contribution in [0.5, 0.6) is 0 Å². The zero-order valence-corrected chi connectivity index (χ0v) is 13.0. The van der Waals surface area contributed by atoms with Gasteiger partial charge >= 0.3 is 0 Å². The van der Waals surface area contributed by atoms with Gasteiger partial charge in [0, 0.05) is 36.9 Å². The highest BCUT2D eigenvalue weighted by molar-refractivity contribution is 9.10. The molecule has 0 aliphatic carbocycles. The number of halogens is 1. The first-order valence-corrected chi connectivity index (χ1v) is 7.07. The van der Waals surface area contributed by atoms with E-state index in [0.717, 1.165) is 36.4 Å². The molecule has 1 aromatic rings. The maximum atomic E-state index is 6.04. The molecule has 1 aromatic carbocycles. The summed E-state index contributed by atoms with van der Waals surface area (Å²) in [4.78, 5) is 2.38. The average molecular weight is 315 g/mol. The van der Waals surface area contributed by atoms with Crippen molar-refractivity contribution in [3.8, 4) is 0 Å². The summed E-state index contributed by atoms with van der Waals surface area (Å²) in [5.74, 6) is 0.638. The van der Waals surface area contributed by atoms with Crippen LogP contribution >= 0.6 is 15.9 Å². The molecule has 0 aromatic heterocycles. The Morgan fingerprint density at radius 1 is 1.39 bits per heavy atom. The van der Waals surface area contributed by atoms with Gasteiger partial charge in [0.15, 0.2) is 0 Å². The molecule has 0 unspecified atom stereocenters. The lowest BCUT2D eigenvalue weighted by molar-refractivity contribution is 0.136. The van der Waals surface area contributed by atoms with E-state index in [9.17, 15) is 0 Å². The minimum atomic E-state index is 0.638. The molecular formula is C14H23BrN2O. The van der Waals surface area contributed by atoms with Gasteiger partial charge in [0.25, 0.3) is 0 Å². The van der Waals surface area contributed by atoms with Gasteiger partial charge in [0.2, 0.25) is 0 Å². The third kappa shape index (κ3) is 5.38. The van der Waals surface area contributed by atoms with Gasteiger partial charge < -0.3 is 10.5 Å². The summed E-state index contributed by atoms with van der Waals surface area (Å²) in [5, 5.41) is 0. The van der Waals surface area contributed by atoms with Crippen molar-refractivity contribution in [3.05, 3.63) is 28.2 Å². The van der Waals surface area contributed by atoms with Gasteiger partial charge in [-0.2, -0.15) is 0 Å². The number of nitrogens with zero attached hydrogens (tertiary/aromatic N) is 1. The Bertz CT molecular complexity index is 369. The fraction of sp³-hybridized carbons (Fsp3) is 0.571. The van der Waals surface area contributed by atoms with E-state index in [1.807, 2.05) is 12.1 Å². The molecule has 0 saturated heterocycles. The number of nitrogens with two attached hydrogens (primary N) is 1. The van der Waals surface area contributed by atoms with Gasteiger partial charge in [-0.05, 0) is 23.6 Å². The van der Waals surface area contributed by atoms with Crippen LogP contribution in [0.4, 0.5) is 5.69 Å². The van der Waals surface area contributed by atoms with E-state index in [1.54, 1.807) is 7.11 Å². The largest absolute Gasteiger partial charge is 0.398 e. The van der Waals surface area contributed by atoms with Crippen molar-refractivity contribution < 1.29 is 4.74 Å². The predicted octanol–water partition coefficient (Wildman–Crippen LogP) is 3.14. The van der Waals surface area contributed by atoms with E-state index < -0.39 is 0 Å². The molecule has 0 aliphatic heterocycles. The Morgan fingerprint density at radius 2 is 2.11 bits per heavy atom. The third-order valence-electron chi connectivity index (χ3n) is 2.74. The van der Waals surface area contributed by atoms with Crippen molar-refractivity contribution in [3.63, 3.8) is 0 Å². The van der Waals surface area contributed by atoms with Crippen molar-refractivity contribution in [2.75, 3.05) is 32.5 Å². The number of nitrogen functional groups attached to an aromatic ring is 1. The van der Waals surface area contributed by atoms with Crippen LogP contribution in [-0.4, -0.2) is 31.7 Å². The zero-order chi connectivity index (χ0) is 13.5. The molecule has 0 spiro atoms. The molecule has 1 rings (SSSR count). The van der Waals surface area contributed by atoms with E-state index in [4.69, 9.17) is 10.5 Å². The second-order valence-corrected chi connectivity index (χ2v) is 5.88. The highest BCUT2D eigenvalue weighted by Crippen LogP contribution is 2.20. The van der Waals surface area contributed by atoms with Crippen LogP contribution in [0.3, 0.4) is 0 Å². The van der Waals surface area contributed by atoms with Gasteiger partial charge in [-0.1, -0.05) is 35.8 Å². The molecule has 0 aliphatic rings. The highest BCUT2D eigenvalue weighted by Gasteiger charge is 2.10. The summed E-state index contributed by atoms with van der Waals surface area (Å²) in [7, 11) is 1.74. The van der Waals surface area contributed by atoms with Crippen LogP contribution in [0.15, 0.2) is 22.7 Å². The number of hydrogen-bond donors (Lipinski definition) is 1. The number of rotatable bonds is 7. The van der Waals surface area contributed by atoms with E-state index >= 15 is 0 Å². The van der Waals surface area contributed by atoms with Crippen LogP contribution in [-0.2, 0) is 11.3 Å². The van der Waals surface area contributed by atoms with Crippen molar-refractivity contribution in [1.29, 1.82) is 0 Å². The second kappa shape index (κ2) is 7.77. The van der Waals surface area contributed by atoms with Crippen molar-refractivity contribution in [1.82, 2.24) is 4.90 Å². The molecule has 2 N–H and O–H groups in total. The van der Waals surface area contributed by atoms with E-state index in [-0.39, 0.29) is 0 Å². The van der Waals surface area contributed by atoms with Crippen molar-refractivity contribution in [2.45, 2.75) is 20.4 Å². The minimum absolute atomic E-state index is 0.638. The van der Waals surface area contributed by atoms with E-state index in [2.05, 4.69) is 40.7 Å². The molecular weight excluding hydrogens is 292 g/mol. The summed E-state index contributed by atoms with van der Waals surface area (Å²) >= 11 is 3.43. The Balaban J connectivity index is 2.68. The number of hydrogen-bond acceptors (Lipinski definition) is 3. The summed E-state index contributed by atoms with van der Waals surface area (Å²) in [6, 6.07) is 6.08. The lowest BCUT2D eigenvalue weighted by Crippen LogP contribution is -2.30. The highest BCUT2D eigenvalue weighted by atomic mass is 79.9. The van der Waals surface area contributed by atoms with E-state index in [1.165, 1.54) is 5.56 Å². The van der Waals surface area contributed by atoms with Crippen LogP contribution in [0.1, 0.15) is 19.4 Å². The molecule has 0 amide bonds. The zero-order valence-electron chi connectivity index (χ0n) is 11.4. The average Bonchev–Trinajstić information content (AvgIpc) is 2.29. The molecule has 18 heavy (non-hydrogen) atoms. The van der Waals surface area contributed by atoms with Crippen molar-refractivity contribution in [2.24, 2.45) is 5.92 Å². The number of ether oxygens (including phenoxy) is 1. The molecule has 3 nitrogen and oxygen atoms in total. The number of methoxy groups -OCH3 is 1. The molecule has 0 saturated carbocycles. The lowest BCUT2D eigenvalue weighted by Gasteiger charge is -2.24. The maximum Gasteiger partial charge on any atom is 0.0589 e. The van der Waals surface area contributed by atoms with Crippen LogP contribution in [0.25, 0.3) is 0 Å². The first-order chi connectivity index (χ1) is 8.52. The summed E-state index contributed by atoms with van der Waals surface area (Å²) in [6.07, 6.45) is 0. The molecule has 0 fully saturated rings. The predicted molar refractivity (Wildman–Crippen MR) is 80.5 cm³/mol. The second-order valence-electron chi connectivity index (χ2n) is 4.96. The molecule has 0 bridgehead atoms. The SMILES string of the molecule is COCCN(Cc1ccc(Br)cc1N)CC(C)C. The van der Waals surface area contributed by atoms with Gasteiger partial charge in [0.1, 0.15) is 0 Å². The van der Waals surface area contributed by atoms with Gasteiger partial charge in [-0.3, -0.25) is 4.90 Å². The van der Waals surface area contributed by atoms with Crippen molar-refractivity contribution >= 4 is 21.6 Å². The maximum absolute atomic E-state index is 6.04. The summed E-state index contributed by atoms with van der Waals surface area (Å²) in [5.41, 5.74) is 8.06. The molecule has 4 heteroatoms. The molecule has 0 radical (unpaired) electrons. The fourth-order valence-corrected chi connectivity index (χ4v) is 2.30. The molecule has 0 atom stereocenters. The normalized spacial score (nSPS) is 11.4. The smallest absolute Gasteiger partial charge is 0.0589 e. The first kappa shape index (κ1) is 15.5. The van der Waals surface area contributed by atoms with E-state index in [0.29, 0.717) is 5.92 Å². The summed E-state index contributed by atoms with van der Waals surface area (Å²) in [6.45, 7) is 8.07. The van der Waals surface area contributed by atoms with Crippen LogP contribution in [0.2, 0.25) is 0 Å². The quantitative estimate of drug-likeness (QED) is 0.786.